The molecule has 21 heavy (non-hydrogen) atoms. The first-order valence-electron chi connectivity index (χ1n) is 6.42. The highest BCUT2D eigenvalue weighted by Gasteiger charge is 2.00. The van der Waals surface area contributed by atoms with Crippen LogP contribution in [0, 0.1) is 0 Å². The topological polar surface area (TPSA) is 50.7 Å². The van der Waals surface area contributed by atoms with Gasteiger partial charge in [-0.2, -0.15) is 5.10 Å². The summed E-state index contributed by atoms with van der Waals surface area (Å²) < 4.78 is 5.31. The van der Waals surface area contributed by atoms with Crippen molar-refractivity contribution in [1.82, 2.24) is 5.43 Å². The maximum absolute atomic E-state index is 11.6. The van der Waals surface area contributed by atoms with Gasteiger partial charge in [-0.05, 0) is 36.1 Å². The molecular weight excluding hydrogens is 284 g/mol. The molecule has 0 saturated carbocycles. The first-order chi connectivity index (χ1) is 10.3. The van der Waals surface area contributed by atoms with E-state index in [1.54, 1.807) is 30.1 Å². The van der Waals surface area contributed by atoms with Crippen molar-refractivity contribution in [3.63, 3.8) is 0 Å². The molecule has 0 heterocycles. The minimum absolute atomic E-state index is 0.0627. The number of rotatable bonds is 6. The molecule has 0 radical (unpaired) electrons. The van der Waals surface area contributed by atoms with E-state index >= 15 is 0 Å². The van der Waals surface area contributed by atoms with Crippen molar-refractivity contribution in [1.29, 1.82) is 0 Å². The maximum Gasteiger partial charge on any atom is 0.277 e. The van der Waals surface area contributed by atoms with E-state index in [2.05, 4.69) is 10.5 Å². The number of nitrogens with one attached hydrogen (secondary N) is 1. The highest BCUT2D eigenvalue weighted by Crippen LogP contribution is 2.13. The van der Waals surface area contributed by atoms with Crippen molar-refractivity contribution < 1.29 is 9.53 Å². The van der Waals surface area contributed by atoms with Gasteiger partial charge >= 0.3 is 0 Å². The van der Waals surface area contributed by atoms with Crippen LogP contribution in [-0.2, 0) is 4.79 Å². The summed E-state index contributed by atoms with van der Waals surface area (Å²) in [6.07, 6.45) is 3.63. The van der Waals surface area contributed by atoms with E-state index < -0.39 is 0 Å². The maximum atomic E-state index is 11.6. The second kappa shape index (κ2) is 8.11. The predicted molar refractivity (Wildman–Crippen MR) is 85.9 cm³/mol. The van der Waals surface area contributed by atoms with Gasteiger partial charge in [0.25, 0.3) is 5.91 Å². The number of benzene rings is 2. The fraction of sp³-hybridized carbons (Fsp3) is 0.125. The average molecular weight is 300 g/mol. The van der Waals surface area contributed by atoms with Crippen molar-refractivity contribution in [3.8, 4) is 5.75 Å². The molecule has 0 aliphatic carbocycles. The van der Waals surface area contributed by atoms with Gasteiger partial charge in [0.1, 0.15) is 5.75 Å². The third kappa shape index (κ3) is 5.31. The number of hydrazone groups is 1. The third-order valence-corrected chi connectivity index (χ3v) is 3.38. The normalized spacial score (nSPS) is 10.5. The van der Waals surface area contributed by atoms with Crippen LogP contribution in [0.15, 0.2) is 64.6 Å². The van der Waals surface area contributed by atoms with E-state index in [0.29, 0.717) is 5.75 Å². The molecular formula is C16H16N2O2S. The quantitative estimate of drug-likeness (QED) is 0.507. The van der Waals surface area contributed by atoms with E-state index in [-0.39, 0.29) is 12.5 Å². The Morgan fingerprint density at radius 3 is 2.57 bits per heavy atom. The van der Waals surface area contributed by atoms with Crippen LogP contribution < -0.4 is 10.2 Å². The summed E-state index contributed by atoms with van der Waals surface area (Å²) in [6, 6.07) is 17.1. The molecule has 0 spiro atoms. The number of para-hydroxylation sites is 1. The minimum atomic E-state index is -0.296. The Morgan fingerprint density at radius 1 is 1.19 bits per heavy atom. The number of carbonyl (C=O) groups is 1. The van der Waals surface area contributed by atoms with Crippen molar-refractivity contribution in [2.24, 2.45) is 5.10 Å². The van der Waals surface area contributed by atoms with Gasteiger partial charge in [0, 0.05) is 4.90 Å². The molecule has 108 valence electrons. The molecule has 0 unspecified atom stereocenters. The third-order valence-electron chi connectivity index (χ3n) is 2.63. The summed E-state index contributed by atoms with van der Waals surface area (Å²) in [5.41, 5.74) is 3.36. The highest BCUT2D eigenvalue weighted by molar-refractivity contribution is 7.98. The molecule has 0 aromatic heterocycles. The summed E-state index contributed by atoms with van der Waals surface area (Å²) in [4.78, 5) is 12.7. The SMILES string of the molecule is CSc1ccc(/C=N\NC(=O)COc2ccccc2)cc1. The van der Waals surface area contributed by atoms with Crippen LogP contribution in [0.25, 0.3) is 0 Å². The molecule has 0 fully saturated rings. The highest BCUT2D eigenvalue weighted by atomic mass is 32.2. The lowest BCUT2D eigenvalue weighted by atomic mass is 10.2. The van der Waals surface area contributed by atoms with Gasteiger partial charge in [0.2, 0.25) is 0 Å². The second-order valence-electron chi connectivity index (χ2n) is 4.17. The largest absolute Gasteiger partial charge is 0.484 e. The number of thioether (sulfide) groups is 1. The molecule has 1 amide bonds. The number of ether oxygens (including phenoxy) is 1. The van der Waals surface area contributed by atoms with Crippen LogP contribution in [0.1, 0.15) is 5.56 Å². The zero-order valence-corrected chi connectivity index (χ0v) is 12.5. The number of carbonyl (C=O) groups excluding carboxylic acids is 1. The van der Waals surface area contributed by atoms with Gasteiger partial charge in [-0.3, -0.25) is 4.79 Å². The summed E-state index contributed by atoms with van der Waals surface area (Å²) in [7, 11) is 0. The zero-order valence-electron chi connectivity index (χ0n) is 11.7. The molecule has 2 aromatic carbocycles. The fourth-order valence-corrected chi connectivity index (χ4v) is 1.97. The Balaban J connectivity index is 1.76. The predicted octanol–water partition coefficient (Wildman–Crippen LogP) is 2.94. The standard InChI is InChI=1S/C16H16N2O2S/c1-21-15-9-7-13(8-10-15)11-17-18-16(19)12-20-14-5-3-2-4-6-14/h2-11H,12H2,1H3,(H,18,19)/b17-11-. The summed E-state index contributed by atoms with van der Waals surface area (Å²) in [5.74, 6) is 0.361. The smallest absolute Gasteiger partial charge is 0.277 e. The van der Waals surface area contributed by atoms with E-state index in [1.165, 1.54) is 4.90 Å². The number of hydrogen-bond donors (Lipinski definition) is 1. The van der Waals surface area contributed by atoms with Crippen LogP contribution in [0.3, 0.4) is 0 Å². The van der Waals surface area contributed by atoms with Gasteiger partial charge < -0.3 is 4.74 Å². The van der Waals surface area contributed by atoms with Gasteiger partial charge in [-0.25, -0.2) is 5.43 Å². The van der Waals surface area contributed by atoms with E-state index in [4.69, 9.17) is 4.74 Å². The summed E-state index contributed by atoms with van der Waals surface area (Å²) >= 11 is 1.68. The molecule has 2 aromatic rings. The van der Waals surface area contributed by atoms with Crippen molar-refractivity contribution in [3.05, 3.63) is 60.2 Å². The van der Waals surface area contributed by atoms with Gasteiger partial charge in [0.15, 0.2) is 6.61 Å². The van der Waals surface area contributed by atoms with Crippen molar-refractivity contribution in [2.75, 3.05) is 12.9 Å². The van der Waals surface area contributed by atoms with Crippen LogP contribution in [0.2, 0.25) is 0 Å². The average Bonchev–Trinajstić information content (AvgIpc) is 2.54. The van der Waals surface area contributed by atoms with Gasteiger partial charge in [-0.1, -0.05) is 30.3 Å². The molecule has 5 heteroatoms. The molecule has 1 N–H and O–H groups in total. The molecule has 0 bridgehead atoms. The lowest BCUT2D eigenvalue weighted by Gasteiger charge is -2.04. The Labute approximate surface area is 128 Å². The van der Waals surface area contributed by atoms with Gasteiger partial charge in [0.05, 0.1) is 6.21 Å². The Morgan fingerprint density at radius 2 is 1.90 bits per heavy atom. The Kier molecular flexibility index (Phi) is 5.84. The van der Waals surface area contributed by atoms with E-state index in [9.17, 15) is 4.79 Å². The number of amides is 1. The van der Waals surface area contributed by atoms with Gasteiger partial charge in [-0.15, -0.1) is 11.8 Å². The molecule has 0 atom stereocenters. The minimum Gasteiger partial charge on any atom is -0.484 e. The van der Waals surface area contributed by atoms with Crippen LogP contribution >= 0.6 is 11.8 Å². The number of hydrogen-bond acceptors (Lipinski definition) is 4. The first kappa shape index (κ1) is 15.1. The molecule has 0 aliphatic heterocycles. The summed E-state index contributed by atoms with van der Waals surface area (Å²) in [6.45, 7) is -0.0627. The van der Waals surface area contributed by atoms with Crippen molar-refractivity contribution in [2.45, 2.75) is 4.90 Å². The molecule has 4 nitrogen and oxygen atoms in total. The lowest BCUT2D eigenvalue weighted by Crippen LogP contribution is -2.24. The van der Waals surface area contributed by atoms with E-state index in [1.807, 2.05) is 48.7 Å². The molecule has 2 rings (SSSR count). The molecule has 0 saturated heterocycles. The van der Waals surface area contributed by atoms with Crippen LogP contribution in [-0.4, -0.2) is 25.0 Å². The van der Waals surface area contributed by atoms with Crippen LogP contribution in [0.4, 0.5) is 0 Å². The molecule has 0 aliphatic rings. The van der Waals surface area contributed by atoms with Crippen molar-refractivity contribution >= 4 is 23.9 Å². The Hall–Kier alpha value is -2.27. The monoisotopic (exact) mass is 300 g/mol. The fourth-order valence-electron chi connectivity index (χ4n) is 1.57. The summed E-state index contributed by atoms with van der Waals surface area (Å²) in [5, 5.41) is 3.90. The number of nitrogens with zero attached hydrogens (tertiary/aromatic N) is 1. The zero-order chi connectivity index (χ0) is 14.9. The Bertz CT molecular complexity index is 597. The second-order valence-corrected chi connectivity index (χ2v) is 5.05. The first-order valence-corrected chi connectivity index (χ1v) is 7.64. The van der Waals surface area contributed by atoms with E-state index in [0.717, 1.165) is 5.56 Å². The lowest BCUT2D eigenvalue weighted by molar-refractivity contribution is -0.123. The van der Waals surface area contributed by atoms with Crippen LogP contribution in [0.5, 0.6) is 5.75 Å².